The van der Waals surface area contributed by atoms with Crippen molar-refractivity contribution in [2.75, 3.05) is 11.1 Å². The van der Waals surface area contributed by atoms with E-state index in [0.29, 0.717) is 22.6 Å². The number of nitrogen functional groups attached to an aromatic ring is 1. The third kappa shape index (κ3) is 2.22. The number of anilines is 2. The number of thiophene rings is 1. The molecule has 6 heteroatoms. The minimum absolute atomic E-state index is 0.221. The van der Waals surface area contributed by atoms with Crippen molar-refractivity contribution >= 4 is 33.7 Å². The van der Waals surface area contributed by atoms with Crippen LogP contribution < -0.4 is 11.1 Å². The maximum absolute atomic E-state index is 5.87. The average molecular weight is 288 g/mol. The molecule has 0 bridgehead atoms. The maximum atomic E-state index is 5.87. The van der Waals surface area contributed by atoms with Gasteiger partial charge in [-0.2, -0.15) is 0 Å². The van der Waals surface area contributed by atoms with Gasteiger partial charge in [0.05, 0.1) is 17.4 Å². The Kier molecular flexibility index (Phi) is 3.31. The summed E-state index contributed by atoms with van der Waals surface area (Å²) in [6.45, 7) is 4.37. The van der Waals surface area contributed by atoms with Crippen molar-refractivity contribution in [3.05, 3.63) is 34.5 Å². The van der Waals surface area contributed by atoms with E-state index in [0.717, 1.165) is 5.69 Å². The van der Waals surface area contributed by atoms with E-state index in [9.17, 15) is 0 Å². The van der Waals surface area contributed by atoms with Gasteiger partial charge in [-0.05, 0) is 39.8 Å². The summed E-state index contributed by atoms with van der Waals surface area (Å²) in [7, 11) is 0. The highest BCUT2D eigenvalue weighted by Gasteiger charge is 2.19. The van der Waals surface area contributed by atoms with E-state index >= 15 is 0 Å². The molecule has 1 unspecified atom stereocenters. The number of fused-ring (bicyclic) bond motifs is 1. The molecule has 0 aliphatic rings. The lowest BCUT2D eigenvalue weighted by Crippen LogP contribution is -2.15. The summed E-state index contributed by atoms with van der Waals surface area (Å²) >= 11 is 1.74. The van der Waals surface area contributed by atoms with Crippen molar-refractivity contribution in [1.29, 1.82) is 0 Å². The quantitative estimate of drug-likeness (QED) is 0.716. The Morgan fingerprint density at radius 1 is 1.20 bits per heavy atom. The summed E-state index contributed by atoms with van der Waals surface area (Å²) in [6, 6.07) is 8.16. The molecule has 3 rings (SSSR count). The van der Waals surface area contributed by atoms with Crippen LogP contribution in [0.5, 0.6) is 0 Å². The van der Waals surface area contributed by atoms with E-state index in [2.05, 4.69) is 47.0 Å². The van der Waals surface area contributed by atoms with E-state index in [1.165, 1.54) is 4.88 Å². The highest BCUT2D eigenvalue weighted by Crippen LogP contribution is 2.33. The first kappa shape index (κ1) is 12.9. The molecule has 0 aliphatic heterocycles. The Morgan fingerprint density at radius 2 is 2.00 bits per heavy atom. The second kappa shape index (κ2) is 5.13. The molecule has 0 saturated carbocycles. The molecule has 104 valence electrons. The lowest BCUT2D eigenvalue weighted by Gasteiger charge is -2.22. The monoisotopic (exact) mass is 288 g/mol. The zero-order valence-electron chi connectivity index (χ0n) is 11.3. The molecule has 1 aromatic carbocycles. The van der Waals surface area contributed by atoms with Crippen LogP contribution in [0.1, 0.15) is 24.8 Å². The molecule has 0 radical (unpaired) electrons. The Balaban J connectivity index is 1.99. The number of benzene rings is 1. The van der Waals surface area contributed by atoms with Gasteiger partial charge in [0.2, 0.25) is 0 Å². The first-order valence-electron chi connectivity index (χ1n) is 6.47. The minimum Gasteiger partial charge on any atom is -0.397 e. The smallest absolute Gasteiger partial charge is 0.160 e. The fourth-order valence-corrected chi connectivity index (χ4v) is 3.15. The fourth-order valence-electron chi connectivity index (χ4n) is 2.20. The van der Waals surface area contributed by atoms with Gasteiger partial charge in [0, 0.05) is 4.88 Å². The van der Waals surface area contributed by atoms with Crippen LogP contribution in [0, 0.1) is 5.92 Å². The first-order valence-corrected chi connectivity index (χ1v) is 7.35. The van der Waals surface area contributed by atoms with Gasteiger partial charge in [-0.15, -0.1) is 11.3 Å². The highest BCUT2D eigenvalue weighted by molar-refractivity contribution is 7.10. The largest absolute Gasteiger partial charge is 0.397 e. The van der Waals surface area contributed by atoms with Crippen LogP contribution in [0.4, 0.5) is 11.4 Å². The van der Waals surface area contributed by atoms with E-state index in [1.807, 2.05) is 12.1 Å². The number of aromatic nitrogens is 2. The maximum Gasteiger partial charge on any atom is 0.160 e. The predicted octanol–water partition coefficient (Wildman–Crippen LogP) is 3.68. The lowest BCUT2D eigenvalue weighted by molar-refractivity contribution is 0.315. The normalized spacial score (nSPS) is 12.9. The molecule has 20 heavy (non-hydrogen) atoms. The van der Waals surface area contributed by atoms with Crippen LogP contribution in [0.15, 0.2) is 34.3 Å². The fraction of sp³-hybridized carbons (Fsp3) is 0.286. The highest BCUT2D eigenvalue weighted by atomic mass is 32.1. The van der Waals surface area contributed by atoms with Crippen molar-refractivity contribution in [1.82, 2.24) is 10.3 Å². The predicted molar refractivity (Wildman–Crippen MR) is 81.7 cm³/mol. The molecule has 3 aromatic rings. The Morgan fingerprint density at radius 3 is 2.70 bits per heavy atom. The molecule has 0 spiro atoms. The van der Waals surface area contributed by atoms with Gasteiger partial charge in [0.15, 0.2) is 11.0 Å². The third-order valence-electron chi connectivity index (χ3n) is 3.27. The Labute approximate surface area is 120 Å². The molecule has 0 saturated heterocycles. The zero-order valence-corrected chi connectivity index (χ0v) is 12.1. The van der Waals surface area contributed by atoms with Crippen molar-refractivity contribution in [2.24, 2.45) is 5.92 Å². The number of hydrogen-bond donors (Lipinski definition) is 2. The van der Waals surface area contributed by atoms with Crippen molar-refractivity contribution < 1.29 is 4.63 Å². The van der Waals surface area contributed by atoms with Crippen LogP contribution in [-0.4, -0.2) is 10.3 Å². The van der Waals surface area contributed by atoms with Crippen LogP contribution in [0.2, 0.25) is 0 Å². The third-order valence-corrected chi connectivity index (χ3v) is 4.23. The summed E-state index contributed by atoms with van der Waals surface area (Å²) in [5, 5.41) is 13.4. The van der Waals surface area contributed by atoms with Gasteiger partial charge in [0.1, 0.15) is 0 Å². The zero-order chi connectivity index (χ0) is 14.1. The Hall–Kier alpha value is -2.08. The molecule has 1 atom stereocenters. The van der Waals surface area contributed by atoms with Crippen molar-refractivity contribution in [3.63, 3.8) is 0 Å². The molecule has 0 aliphatic carbocycles. The molecule has 2 heterocycles. The van der Waals surface area contributed by atoms with Gasteiger partial charge in [-0.3, -0.25) is 0 Å². The molecular weight excluding hydrogens is 272 g/mol. The number of hydrogen-bond acceptors (Lipinski definition) is 6. The molecule has 2 aromatic heterocycles. The number of rotatable bonds is 4. The van der Waals surface area contributed by atoms with Gasteiger partial charge < -0.3 is 11.1 Å². The van der Waals surface area contributed by atoms with Crippen molar-refractivity contribution in [3.8, 4) is 0 Å². The number of nitrogens with two attached hydrogens (primary N) is 1. The van der Waals surface area contributed by atoms with Crippen molar-refractivity contribution in [2.45, 2.75) is 19.9 Å². The van der Waals surface area contributed by atoms with E-state index in [1.54, 1.807) is 11.3 Å². The summed E-state index contributed by atoms with van der Waals surface area (Å²) < 4.78 is 4.80. The standard InChI is InChI=1S/C14H16N4OS/c1-8(2)12(11-4-3-7-20-11)16-10-6-5-9(15)13-14(10)18-19-17-13/h3-8,12,16H,15H2,1-2H3. The first-order chi connectivity index (χ1) is 9.66. The topological polar surface area (TPSA) is 77.0 Å². The summed E-state index contributed by atoms with van der Waals surface area (Å²) in [6.07, 6.45) is 0. The average Bonchev–Trinajstić information content (AvgIpc) is 3.09. The number of nitrogens with one attached hydrogen (secondary N) is 1. The molecule has 0 fully saturated rings. The second-order valence-electron chi connectivity index (χ2n) is 5.05. The Bertz CT molecular complexity index is 705. The van der Waals surface area contributed by atoms with Crippen LogP contribution in [0.25, 0.3) is 11.0 Å². The van der Waals surface area contributed by atoms with Gasteiger partial charge in [0.25, 0.3) is 0 Å². The lowest BCUT2D eigenvalue weighted by atomic mass is 10.0. The van der Waals surface area contributed by atoms with E-state index in [-0.39, 0.29) is 6.04 Å². The molecule has 3 N–H and O–H groups in total. The molecule has 0 amide bonds. The molecular formula is C14H16N4OS. The van der Waals surface area contributed by atoms with E-state index in [4.69, 9.17) is 10.4 Å². The summed E-state index contributed by atoms with van der Waals surface area (Å²) in [5.74, 6) is 0.445. The van der Waals surface area contributed by atoms with E-state index < -0.39 is 0 Å². The molecule has 5 nitrogen and oxygen atoms in total. The summed E-state index contributed by atoms with van der Waals surface area (Å²) in [5.41, 5.74) is 8.60. The van der Waals surface area contributed by atoms with Gasteiger partial charge >= 0.3 is 0 Å². The van der Waals surface area contributed by atoms with Crippen LogP contribution in [0.3, 0.4) is 0 Å². The van der Waals surface area contributed by atoms with Crippen LogP contribution >= 0.6 is 11.3 Å². The SMILES string of the molecule is CC(C)C(Nc1ccc(N)c2nonc12)c1cccs1. The number of nitrogens with zero attached hydrogens (tertiary/aromatic N) is 2. The minimum atomic E-state index is 0.221. The van der Waals surface area contributed by atoms with Crippen LogP contribution in [-0.2, 0) is 0 Å². The second-order valence-corrected chi connectivity index (χ2v) is 6.02. The summed E-state index contributed by atoms with van der Waals surface area (Å²) in [4.78, 5) is 1.29. The van der Waals surface area contributed by atoms with Gasteiger partial charge in [-0.25, -0.2) is 4.63 Å². The van der Waals surface area contributed by atoms with Gasteiger partial charge in [-0.1, -0.05) is 19.9 Å².